The molecule has 0 saturated heterocycles. The van der Waals surface area contributed by atoms with Gasteiger partial charge in [-0.05, 0) is 24.6 Å². The van der Waals surface area contributed by atoms with Crippen LogP contribution < -0.4 is 5.56 Å². The molecule has 1 aromatic heterocycles. The van der Waals surface area contributed by atoms with Crippen molar-refractivity contribution in [2.75, 3.05) is 0 Å². The predicted molar refractivity (Wildman–Crippen MR) is 75.2 cm³/mol. The van der Waals surface area contributed by atoms with E-state index in [1.807, 2.05) is 31.2 Å². The van der Waals surface area contributed by atoms with Crippen molar-refractivity contribution in [3.63, 3.8) is 0 Å². The highest BCUT2D eigenvalue weighted by Crippen LogP contribution is 2.23. The van der Waals surface area contributed by atoms with E-state index in [0.717, 1.165) is 17.0 Å². The van der Waals surface area contributed by atoms with E-state index in [9.17, 15) is 4.79 Å². The highest BCUT2D eigenvalue weighted by atomic mass is 35.5. The van der Waals surface area contributed by atoms with Gasteiger partial charge in [0.2, 0.25) is 0 Å². The lowest BCUT2D eigenvalue weighted by Crippen LogP contribution is -2.11. The van der Waals surface area contributed by atoms with E-state index in [-0.39, 0.29) is 5.56 Å². The molecule has 0 unspecified atom stereocenters. The fraction of sp³-hybridized carbons (Fsp3) is 0.231. The summed E-state index contributed by atoms with van der Waals surface area (Å²) in [6.45, 7) is 1.98. The van der Waals surface area contributed by atoms with Crippen LogP contribution in [0.1, 0.15) is 18.4 Å². The lowest BCUT2D eigenvalue weighted by Gasteiger charge is -2.03. The fourth-order valence-corrected chi connectivity index (χ4v) is 2.60. The first kappa shape index (κ1) is 13.2. The number of benzene rings is 1. The first-order chi connectivity index (χ1) is 8.67. The molecule has 1 aromatic carbocycles. The molecule has 1 heterocycles. The Morgan fingerprint density at radius 2 is 2.22 bits per heavy atom. The summed E-state index contributed by atoms with van der Waals surface area (Å²) in [5.41, 5.74) is 0.726. The molecule has 2 aromatic rings. The van der Waals surface area contributed by atoms with Gasteiger partial charge in [0.15, 0.2) is 0 Å². The maximum atomic E-state index is 11.4. The average molecular weight is 281 g/mol. The number of nitrogens with one attached hydrogen (secondary N) is 1. The number of aryl methyl sites for hydroxylation is 1. The maximum absolute atomic E-state index is 11.4. The van der Waals surface area contributed by atoms with Gasteiger partial charge in [0.25, 0.3) is 5.56 Å². The van der Waals surface area contributed by atoms with Crippen molar-refractivity contribution < 1.29 is 0 Å². The second kappa shape index (κ2) is 6.07. The molecule has 5 heteroatoms. The number of nitrogens with zero attached hydrogens (tertiary/aromatic N) is 1. The topological polar surface area (TPSA) is 45.8 Å². The Hall–Kier alpha value is -1.26. The number of halogens is 1. The van der Waals surface area contributed by atoms with Crippen LogP contribution in [-0.4, -0.2) is 9.97 Å². The van der Waals surface area contributed by atoms with Gasteiger partial charge in [-0.1, -0.05) is 24.6 Å². The zero-order chi connectivity index (χ0) is 13.0. The van der Waals surface area contributed by atoms with Crippen molar-refractivity contribution in [2.24, 2.45) is 0 Å². The standard InChI is InChI=1S/C13H13ClN2OS/c1-2-10-7-13(17)16-12(15-10)8-18-11-5-3-4-9(14)6-11/h3-7H,2,8H2,1H3,(H,15,16,17). The van der Waals surface area contributed by atoms with Crippen molar-refractivity contribution in [1.82, 2.24) is 9.97 Å². The highest BCUT2D eigenvalue weighted by molar-refractivity contribution is 7.98. The molecule has 0 amide bonds. The van der Waals surface area contributed by atoms with E-state index >= 15 is 0 Å². The molecule has 18 heavy (non-hydrogen) atoms. The second-order valence-corrected chi connectivity index (χ2v) is 5.27. The van der Waals surface area contributed by atoms with Gasteiger partial charge in [-0.2, -0.15) is 0 Å². The Kier molecular flexibility index (Phi) is 4.44. The van der Waals surface area contributed by atoms with Gasteiger partial charge >= 0.3 is 0 Å². The molecule has 0 atom stereocenters. The van der Waals surface area contributed by atoms with Crippen molar-refractivity contribution >= 4 is 23.4 Å². The summed E-state index contributed by atoms with van der Waals surface area (Å²) >= 11 is 7.51. The molecule has 0 aliphatic carbocycles. The quantitative estimate of drug-likeness (QED) is 0.874. The van der Waals surface area contributed by atoms with E-state index in [4.69, 9.17) is 11.6 Å². The summed E-state index contributed by atoms with van der Waals surface area (Å²) in [5, 5.41) is 0.712. The van der Waals surface area contributed by atoms with Crippen molar-refractivity contribution in [3.8, 4) is 0 Å². The van der Waals surface area contributed by atoms with Crippen LogP contribution in [0.2, 0.25) is 5.02 Å². The summed E-state index contributed by atoms with van der Waals surface area (Å²) in [6.07, 6.45) is 0.763. The number of aromatic nitrogens is 2. The Morgan fingerprint density at radius 1 is 1.39 bits per heavy atom. The Labute approximate surface area is 115 Å². The van der Waals surface area contributed by atoms with E-state index < -0.39 is 0 Å². The third-order valence-corrected chi connectivity index (χ3v) is 3.62. The largest absolute Gasteiger partial charge is 0.310 e. The number of H-pyrrole nitrogens is 1. The molecule has 0 spiro atoms. The third kappa shape index (κ3) is 3.62. The van der Waals surface area contributed by atoms with Gasteiger partial charge in [-0.25, -0.2) is 4.98 Å². The number of thioether (sulfide) groups is 1. The van der Waals surface area contributed by atoms with E-state index in [0.29, 0.717) is 16.6 Å². The monoisotopic (exact) mass is 280 g/mol. The third-order valence-electron chi connectivity index (χ3n) is 2.38. The maximum Gasteiger partial charge on any atom is 0.251 e. The summed E-state index contributed by atoms with van der Waals surface area (Å²) in [4.78, 5) is 19.6. The lowest BCUT2D eigenvalue weighted by atomic mass is 10.3. The van der Waals surface area contributed by atoms with Crippen molar-refractivity contribution in [1.29, 1.82) is 0 Å². The summed E-state index contributed by atoms with van der Waals surface area (Å²) in [7, 11) is 0. The molecule has 2 rings (SSSR count). The van der Waals surface area contributed by atoms with Gasteiger partial charge in [-0.3, -0.25) is 4.79 Å². The van der Waals surface area contributed by atoms with Crippen LogP contribution in [0.5, 0.6) is 0 Å². The molecular formula is C13H13ClN2OS. The zero-order valence-corrected chi connectivity index (χ0v) is 11.5. The highest BCUT2D eigenvalue weighted by Gasteiger charge is 2.02. The number of hydrogen-bond acceptors (Lipinski definition) is 3. The molecular weight excluding hydrogens is 268 g/mol. The summed E-state index contributed by atoms with van der Waals surface area (Å²) in [6, 6.07) is 9.16. The molecule has 0 aliphatic rings. The van der Waals surface area contributed by atoms with Gasteiger partial charge < -0.3 is 4.98 Å². The second-order valence-electron chi connectivity index (χ2n) is 3.78. The van der Waals surface area contributed by atoms with E-state index in [2.05, 4.69) is 9.97 Å². The Balaban J connectivity index is 2.10. The lowest BCUT2D eigenvalue weighted by molar-refractivity contribution is 0.920. The molecule has 3 nitrogen and oxygen atoms in total. The normalized spacial score (nSPS) is 10.6. The minimum atomic E-state index is -0.0939. The van der Waals surface area contributed by atoms with Crippen LogP contribution in [0.25, 0.3) is 0 Å². The average Bonchev–Trinajstić information content (AvgIpc) is 2.36. The van der Waals surface area contributed by atoms with Crippen LogP contribution in [0.4, 0.5) is 0 Å². The minimum absolute atomic E-state index is 0.0939. The number of hydrogen-bond donors (Lipinski definition) is 1. The van der Waals surface area contributed by atoms with E-state index in [1.165, 1.54) is 6.07 Å². The zero-order valence-electron chi connectivity index (χ0n) is 9.94. The molecule has 0 saturated carbocycles. The van der Waals surface area contributed by atoms with Crippen LogP contribution in [0.15, 0.2) is 40.0 Å². The SMILES string of the molecule is CCc1cc(=O)[nH]c(CSc2cccc(Cl)c2)n1. The molecule has 0 radical (unpaired) electrons. The number of aromatic amines is 1. The minimum Gasteiger partial charge on any atom is -0.310 e. The Morgan fingerprint density at radius 3 is 2.94 bits per heavy atom. The van der Waals surface area contributed by atoms with Crippen LogP contribution in [0.3, 0.4) is 0 Å². The summed E-state index contributed by atoms with van der Waals surface area (Å²) in [5.74, 6) is 1.33. The smallest absolute Gasteiger partial charge is 0.251 e. The molecule has 94 valence electrons. The van der Waals surface area contributed by atoms with Gasteiger partial charge in [-0.15, -0.1) is 11.8 Å². The van der Waals surface area contributed by atoms with E-state index in [1.54, 1.807) is 11.8 Å². The fourth-order valence-electron chi connectivity index (χ4n) is 1.52. The molecule has 0 fully saturated rings. The van der Waals surface area contributed by atoms with Gasteiger partial charge in [0.05, 0.1) is 5.75 Å². The number of rotatable bonds is 4. The molecule has 0 bridgehead atoms. The Bertz CT molecular complexity index is 598. The first-order valence-electron chi connectivity index (χ1n) is 5.65. The van der Waals surface area contributed by atoms with Gasteiger partial charge in [0, 0.05) is 21.7 Å². The predicted octanol–water partition coefficient (Wildman–Crippen LogP) is 3.28. The van der Waals surface area contributed by atoms with Crippen LogP contribution >= 0.6 is 23.4 Å². The van der Waals surface area contributed by atoms with Gasteiger partial charge in [0.1, 0.15) is 5.82 Å². The van der Waals surface area contributed by atoms with Crippen LogP contribution in [-0.2, 0) is 12.2 Å². The van der Waals surface area contributed by atoms with Crippen molar-refractivity contribution in [2.45, 2.75) is 24.0 Å². The first-order valence-corrected chi connectivity index (χ1v) is 7.01. The molecule has 1 N–H and O–H groups in total. The molecule has 0 aliphatic heterocycles. The van der Waals surface area contributed by atoms with Crippen LogP contribution in [0, 0.1) is 0 Å². The van der Waals surface area contributed by atoms with Crippen molar-refractivity contribution in [3.05, 3.63) is 57.2 Å². The summed E-state index contributed by atoms with van der Waals surface area (Å²) < 4.78 is 0.